The van der Waals surface area contributed by atoms with E-state index in [4.69, 9.17) is 5.73 Å². The predicted molar refractivity (Wildman–Crippen MR) is 88.8 cm³/mol. The molecule has 128 valence electrons. The molecule has 2 N–H and O–H groups in total. The third-order valence-corrected chi connectivity index (χ3v) is 4.65. The van der Waals surface area contributed by atoms with Crippen LogP contribution >= 0.6 is 0 Å². The lowest BCUT2D eigenvalue weighted by atomic mass is 10.1. The molecule has 3 aromatic heterocycles. The van der Waals surface area contributed by atoms with Crippen LogP contribution in [0.15, 0.2) is 36.8 Å². The van der Waals surface area contributed by atoms with Gasteiger partial charge < -0.3 is 5.73 Å². The van der Waals surface area contributed by atoms with Gasteiger partial charge in [0, 0.05) is 24.2 Å². The largest absolute Gasteiger partial charge is 0.397 e. The van der Waals surface area contributed by atoms with Crippen LogP contribution in [0.1, 0.15) is 23.5 Å². The zero-order valence-corrected chi connectivity index (χ0v) is 13.4. The van der Waals surface area contributed by atoms with E-state index in [-0.39, 0.29) is 6.42 Å². The summed E-state index contributed by atoms with van der Waals surface area (Å²) >= 11 is 0. The number of fused-ring (bicyclic) bond motifs is 1. The standard InChI is InChI=1S/C18H15F3N4/c1-9-2-3-23-8-12(9)15-6-14(22)17-16(25-15)4-10(7-24-17)11-5-13(11)18(19,20)21/h2-4,6-8,11,13H,5H2,1H3,(H2,22,25). The molecule has 7 heteroatoms. The number of pyridine rings is 3. The Morgan fingerprint density at radius 1 is 1.20 bits per heavy atom. The molecule has 2 unspecified atom stereocenters. The molecule has 1 aliphatic carbocycles. The van der Waals surface area contributed by atoms with Crippen LogP contribution in [0.4, 0.5) is 18.9 Å². The summed E-state index contributed by atoms with van der Waals surface area (Å²) in [4.78, 5) is 12.9. The summed E-state index contributed by atoms with van der Waals surface area (Å²) in [6.07, 6.45) is 0.800. The number of alkyl halides is 3. The number of nitrogens with zero attached hydrogens (tertiary/aromatic N) is 3. The topological polar surface area (TPSA) is 64.7 Å². The quantitative estimate of drug-likeness (QED) is 0.755. The molecule has 1 aliphatic rings. The number of hydrogen-bond acceptors (Lipinski definition) is 4. The van der Waals surface area contributed by atoms with Gasteiger partial charge in [0.05, 0.1) is 22.8 Å². The van der Waals surface area contributed by atoms with Crippen molar-refractivity contribution in [1.29, 1.82) is 0 Å². The Hall–Kier alpha value is -2.70. The second-order valence-electron chi connectivity index (χ2n) is 6.41. The summed E-state index contributed by atoms with van der Waals surface area (Å²) < 4.78 is 38.5. The first-order valence-corrected chi connectivity index (χ1v) is 7.88. The van der Waals surface area contributed by atoms with E-state index in [0.717, 1.165) is 11.1 Å². The van der Waals surface area contributed by atoms with Crippen LogP contribution in [0.5, 0.6) is 0 Å². The van der Waals surface area contributed by atoms with Crippen LogP contribution < -0.4 is 5.73 Å². The maximum absolute atomic E-state index is 12.8. The van der Waals surface area contributed by atoms with Gasteiger partial charge in [0.25, 0.3) is 0 Å². The van der Waals surface area contributed by atoms with Crippen LogP contribution in [-0.4, -0.2) is 21.1 Å². The maximum Gasteiger partial charge on any atom is 0.392 e. The number of aryl methyl sites for hydroxylation is 1. The van der Waals surface area contributed by atoms with Crippen molar-refractivity contribution >= 4 is 16.7 Å². The Labute approximate surface area is 141 Å². The third kappa shape index (κ3) is 2.79. The van der Waals surface area contributed by atoms with Gasteiger partial charge in [-0.1, -0.05) is 0 Å². The zero-order chi connectivity index (χ0) is 17.8. The molecule has 25 heavy (non-hydrogen) atoms. The van der Waals surface area contributed by atoms with Gasteiger partial charge in [0.1, 0.15) is 5.52 Å². The second kappa shape index (κ2) is 5.40. The first-order valence-electron chi connectivity index (χ1n) is 7.88. The summed E-state index contributed by atoms with van der Waals surface area (Å²) in [6.45, 7) is 1.94. The summed E-state index contributed by atoms with van der Waals surface area (Å²) in [5, 5.41) is 0. The van der Waals surface area contributed by atoms with Crippen LogP contribution in [0.3, 0.4) is 0 Å². The molecule has 3 aromatic rings. The smallest absolute Gasteiger partial charge is 0.392 e. The predicted octanol–water partition coefficient (Wildman–Crippen LogP) is 4.25. The average molecular weight is 344 g/mol. The minimum atomic E-state index is -4.17. The van der Waals surface area contributed by atoms with Gasteiger partial charge >= 0.3 is 6.18 Å². The van der Waals surface area contributed by atoms with Gasteiger partial charge in [0.2, 0.25) is 0 Å². The maximum atomic E-state index is 12.8. The molecule has 0 aliphatic heterocycles. The first-order chi connectivity index (χ1) is 11.8. The normalized spacial score (nSPS) is 20.0. The molecule has 3 heterocycles. The number of hydrogen-bond donors (Lipinski definition) is 1. The summed E-state index contributed by atoms with van der Waals surface area (Å²) in [6, 6.07) is 5.25. The van der Waals surface area contributed by atoms with E-state index in [1.165, 1.54) is 6.20 Å². The highest BCUT2D eigenvalue weighted by molar-refractivity contribution is 5.89. The van der Waals surface area contributed by atoms with E-state index in [0.29, 0.717) is 28.0 Å². The molecule has 4 nitrogen and oxygen atoms in total. The van der Waals surface area contributed by atoms with Crippen molar-refractivity contribution in [2.45, 2.75) is 25.4 Å². The SMILES string of the molecule is Cc1ccncc1-c1cc(N)c2ncc(C3CC3C(F)(F)F)cc2n1. The fourth-order valence-electron chi connectivity index (χ4n) is 3.15. The van der Waals surface area contributed by atoms with Crippen molar-refractivity contribution in [3.05, 3.63) is 47.9 Å². The lowest BCUT2D eigenvalue weighted by Crippen LogP contribution is -2.11. The minimum Gasteiger partial charge on any atom is -0.397 e. The molecule has 0 spiro atoms. The Bertz CT molecular complexity index is 968. The molecular formula is C18H15F3N4. The van der Waals surface area contributed by atoms with Crippen molar-refractivity contribution < 1.29 is 13.2 Å². The molecule has 0 amide bonds. The Kier molecular flexibility index (Phi) is 3.42. The molecule has 0 radical (unpaired) electrons. The zero-order valence-electron chi connectivity index (χ0n) is 13.4. The van der Waals surface area contributed by atoms with Crippen molar-refractivity contribution in [2.24, 2.45) is 5.92 Å². The fourth-order valence-corrected chi connectivity index (χ4v) is 3.15. The molecule has 0 saturated heterocycles. The molecule has 1 fully saturated rings. The molecular weight excluding hydrogens is 329 g/mol. The second-order valence-corrected chi connectivity index (χ2v) is 6.41. The highest BCUT2D eigenvalue weighted by atomic mass is 19.4. The van der Waals surface area contributed by atoms with Crippen LogP contribution in [0.25, 0.3) is 22.3 Å². The van der Waals surface area contributed by atoms with E-state index >= 15 is 0 Å². The Morgan fingerprint density at radius 3 is 2.68 bits per heavy atom. The van der Waals surface area contributed by atoms with E-state index < -0.39 is 18.0 Å². The van der Waals surface area contributed by atoms with E-state index in [1.807, 2.05) is 13.0 Å². The van der Waals surface area contributed by atoms with Crippen molar-refractivity contribution in [1.82, 2.24) is 15.0 Å². The minimum absolute atomic E-state index is 0.105. The van der Waals surface area contributed by atoms with E-state index in [2.05, 4.69) is 15.0 Å². The lowest BCUT2D eigenvalue weighted by Gasteiger charge is -2.10. The van der Waals surface area contributed by atoms with Crippen molar-refractivity contribution in [2.75, 3.05) is 5.73 Å². The first kappa shape index (κ1) is 15.8. The molecule has 0 bridgehead atoms. The lowest BCUT2D eigenvalue weighted by molar-refractivity contribution is -0.148. The van der Waals surface area contributed by atoms with Crippen molar-refractivity contribution in [3.8, 4) is 11.3 Å². The van der Waals surface area contributed by atoms with Gasteiger partial charge in [-0.15, -0.1) is 0 Å². The summed E-state index contributed by atoms with van der Waals surface area (Å²) in [7, 11) is 0. The molecule has 0 aromatic carbocycles. The number of nitrogen functional groups attached to an aromatic ring is 1. The van der Waals surface area contributed by atoms with Gasteiger partial charge in [-0.05, 0) is 48.6 Å². The summed E-state index contributed by atoms with van der Waals surface area (Å²) in [5.74, 6) is -1.82. The Balaban J connectivity index is 1.78. The van der Waals surface area contributed by atoms with Gasteiger partial charge in [0.15, 0.2) is 0 Å². The highest BCUT2D eigenvalue weighted by Gasteiger charge is 2.56. The van der Waals surface area contributed by atoms with Crippen LogP contribution in [-0.2, 0) is 0 Å². The van der Waals surface area contributed by atoms with Crippen LogP contribution in [0.2, 0.25) is 0 Å². The number of aromatic nitrogens is 3. The number of halogens is 3. The highest BCUT2D eigenvalue weighted by Crippen LogP contribution is 2.56. The average Bonchev–Trinajstić information content (AvgIpc) is 3.35. The van der Waals surface area contributed by atoms with E-state index in [9.17, 15) is 13.2 Å². The molecule has 4 rings (SSSR count). The molecule has 2 atom stereocenters. The third-order valence-electron chi connectivity index (χ3n) is 4.65. The number of anilines is 1. The fraction of sp³-hybridized carbons (Fsp3) is 0.278. The monoisotopic (exact) mass is 344 g/mol. The Morgan fingerprint density at radius 2 is 2.00 bits per heavy atom. The van der Waals surface area contributed by atoms with Gasteiger partial charge in [-0.2, -0.15) is 13.2 Å². The number of rotatable bonds is 2. The molecule has 1 saturated carbocycles. The van der Waals surface area contributed by atoms with Gasteiger partial charge in [-0.25, -0.2) is 4.98 Å². The van der Waals surface area contributed by atoms with E-state index in [1.54, 1.807) is 24.5 Å². The van der Waals surface area contributed by atoms with Gasteiger partial charge in [-0.3, -0.25) is 9.97 Å². The van der Waals surface area contributed by atoms with Crippen molar-refractivity contribution in [3.63, 3.8) is 0 Å². The summed E-state index contributed by atoms with van der Waals surface area (Å²) in [5.41, 5.74) is 10.5. The number of nitrogens with two attached hydrogens (primary N) is 1. The van der Waals surface area contributed by atoms with Crippen LogP contribution in [0, 0.1) is 12.8 Å².